The average Bonchev–Trinajstić information content (AvgIpc) is 2.99. The van der Waals surface area contributed by atoms with Gasteiger partial charge in [-0.2, -0.15) is 5.10 Å². The minimum atomic E-state index is -0.926. The highest BCUT2D eigenvalue weighted by Crippen LogP contribution is 2.28. The maximum atomic E-state index is 13.1. The van der Waals surface area contributed by atoms with Crippen molar-refractivity contribution < 1.29 is 19.1 Å². The number of nitrogens with one attached hydrogen (secondary N) is 2. The number of rotatable bonds is 12. The predicted octanol–water partition coefficient (Wildman–Crippen LogP) is 6.53. The fourth-order valence-corrected chi connectivity index (χ4v) is 4.37. The molecule has 9 heteroatoms. The van der Waals surface area contributed by atoms with Gasteiger partial charge >= 0.3 is 0 Å². The third-order valence-electron chi connectivity index (χ3n) is 6.28. The van der Waals surface area contributed by atoms with Crippen LogP contribution in [0, 0.1) is 6.92 Å². The zero-order valence-electron chi connectivity index (χ0n) is 23.2. The van der Waals surface area contributed by atoms with E-state index in [2.05, 4.69) is 15.8 Å². The fraction of sp³-hybridized carbons (Fsp3) is 0.182. The Labute approximate surface area is 255 Å². The first-order chi connectivity index (χ1) is 20.3. The summed E-state index contributed by atoms with van der Waals surface area (Å²) in [6.07, 6.45) is 0.858. The van der Waals surface area contributed by atoms with E-state index in [1.807, 2.05) is 85.8 Å². The summed E-state index contributed by atoms with van der Waals surface area (Å²) in [5.41, 5.74) is 6.46. The van der Waals surface area contributed by atoms with E-state index in [1.165, 1.54) is 17.8 Å². The number of benzene rings is 4. The normalized spacial score (nSPS) is 12.4. The molecule has 0 saturated heterocycles. The van der Waals surface area contributed by atoms with Crippen LogP contribution in [0.2, 0.25) is 10.0 Å². The molecular formula is C33H31Cl2N3O4. The molecule has 0 radical (unpaired) electrons. The van der Waals surface area contributed by atoms with Gasteiger partial charge in [-0.25, -0.2) is 5.43 Å². The van der Waals surface area contributed by atoms with Gasteiger partial charge in [-0.3, -0.25) is 9.59 Å². The van der Waals surface area contributed by atoms with Crippen molar-refractivity contribution >= 4 is 41.2 Å². The van der Waals surface area contributed by atoms with Crippen LogP contribution in [0.25, 0.3) is 0 Å². The SMILES string of the molecule is Cc1ccc(COc2ccc(/C=N\NC(=O)[C@@H](Cc3ccccc3)NC(=O)[C@@H](C)Oc3ccc(Cl)cc3Cl)cc2)cc1. The van der Waals surface area contributed by atoms with Crippen LogP contribution in [0.5, 0.6) is 11.5 Å². The van der Waals surface area contributed by atoms with E-state index in [1.54, 1.807) is 19.1 Å². The molecule has 2 amide bonds. The van der Waals surface area contributed by atoms with Crippen molar-refractivity contribution in [2.45, 2.75) is 39.0 Å². The molecule has 4 aromatic rings. The molecule has 7 nitrogen and oxygen atoms in total. The van der Waals surface area contributed by atoms with Gasteiger partial charge in [-0.15, -0.1) is 0 Å². The van der Waals surface area contributed by atoms with E-state index < -0.39 is 24.0 Å². The summed E-state index contributed by atoms with van der Waals surface area (Å²) in [4.78, 5) is 26.1. The summed E-state index contributed by atoms with van der Waals surface area (Å²) in [6.45, 7) is 4.09. The Morgan fingerprint density at radius 2 is 1.60 bits per heavy atom. The number of ether oxygens (including phenoxy) is 2. The van der Waals surface area contributed by atoms with Crippen molar-refractivity contribution in [3.8, 4) is 11.5 Å². The number of hydrogen-bond donors (Lipinski definition) is 2. The zero-order valence-corrected chi connectivity index (χ0v) is 24.7. The molecule has 0 unspecified atom stereocenters. The molecule has 4 rings (SSSR count). The third kappa shape index (κ3) is 9.36. The molecule has 0 aliphatic carbocycles. The number of nitrogens with zero attached hydrogens (tertiary/aromatic N) is 1. The molecular weight excluding hydrogens is 573 g/mol. The largest absolute Gasteiger partial charge is 0.489 e. The summed E-state index contributed by atoms with van der Waals surface area (Å²) in [5.74, 6) is 0.0723. The molecule has 2 N–H and O–H groups in total. The highest BCUT2D eigenvalue weighted by atomic mass is 35.5. The van der Waals surface area contributed by atoms with Crippen LogP contribution in [0.4, 0.5) is 0 Å². The number of halogens is 2. The van der Waals surface area contributed by atoms with E-state index in [0.717, 1.165) is 22.4 Å². The Kier molecular flexibility index (Phi) is 11.0. The molecule has 2 atom stereocenters. The second kappa shape index (κ2) is 15.1. The number of amides is 2. The summed E-state index contributed by atoms with van der Waals surface area (Å²) >= 11 is 12.1. The monoisotopic (exact) mass is 603 g/mol. The summed E-state index contributed by atoms with van der Waals surface area (Å²) in [6, 6.07) is 28.7. The Bertz CT molecular complexity index is 1510. The second-order valence-electron chi connectivity index (χ2n) is 9.66. The lowest BCUT2D eigenvalue weighted by Gasteiger charge is -2.21. The lowest BCUT2D eigenvalue weighted by molar-refractivity contribution is -0.132. The predicted molar refractivity (Wildman–Crippen MR) is 166 cm³/mol. The van der Waals surface area contributed by atoms with Gasteiger partial charge in [0.1, 0.15) is 24.1 Å². The lowest BCUT2D eigenvalue weighted by Crippen LogP contribution is -2.50. The van der Waals surface area contributed by atoms with Crippen molar-refractivity contribution in [3.05, 3.63) is 129 Å². The quantitative estimate of drug-likeness (QED) is 0.142. The van der Waals surface area contributed by atoms with Gasteiger partial charge in [0.15, 0.2) is 6.10 Å². The molecule has 42 heavy (non-hydrogen) atoms. The third-order valence-corrected chi connectivity index (χ3v) is 6.81. The zero-order chi connectivity index (χ0) is 29.9. The Morgan fingerprint density at radius 1 is 0.881 bits per heavy atom. The second-order valence-corrected chi connectivity index (χ2v) is 10.5. The number of hydrogen-bond acceptors (Lipinski definition) is 5. The van der Waals surface area contributed by atoms with Gasteiger partial charge in [0, 0.05) is 11.4 Å². The van der Waals surface area contributed by atoms with Crippen LogP contribution < -0.4 is 20.2 Å². The maximum Gasteiger partial charge on any atom is 0.262 e. The number of hydrazone groups is 1. The standard InChI is InChI=1S/C33H31Cl2N3O4/c1-22-8-10-26(11-9-22)21-41-28-15-12-25(13-16-28)20-36-38-33(40)30(18-24-6-4-3-5-7-24)37-32(39)23(2)42-31-17-14-27(34)19-29(31)35/h3-17,19-20,23,30H,18,21H2,1-2H3,(H,37,39)(H,38,40)/b36-20-/t23-,30-/m1/s1. The molecule has 216 valence electrons. The first-order valence-electron chi connectivity index (χ1n) is 13.3. The molecule has 0 saturated carbocycles. The Morgan fingerprint density at radius 3 is 2.29 bits per heavy atom. The van der Waals surface area contributed by atoms with Crippen LogP contribution in [0.15, 0.2) is 102 Å². The smallest absolute Gasteiger partial charge is 0.262 e. The molecule has 0 spiro atoms. The molecule has 0 aliphatic rings. The van der Waals surface area contributed by atoms with E-state index in [4.69, 9.17) is 32.7 Å². The van der Waals surface area contributed by atoms with Gasteiger partial charge in [-0.1, -0.05) is 83.4 Å². The molecule has 0 heterocycles. The van der Waals surface area contributed by atoms with E-state index in [-0.39, 0.29) is 11.4 Å². The van der Waals surface area contributed by atoms with Gasteiger partial charge < -0.3 is 14.8 Å². The van der Waals surface area contributed by atoms with E-state index in [9.17, 15) is 9.59 Å². The fourth-order valence-electron chi connectivity index (χ4n) is 3.91. The van der Waals surface area contributed by atoms with Crippen molar-refractivity contribution in [1.29, 1.82) is 0 Å². The van der Waals surface area contributed by atoms with Crippen LogP contribution in [-0.2, 0) is 22.6 Å². The van der Waals surface area contributed by atoms with Crippen LogP contribution in [0.3, 0.4) is 0 Å². The van der Waals surface area contributed by atoms with E-state index in [0.29, 0.717) is 17.4 Å². The summed E-state index contributed by atoms with van der Waals surface area (Å²) in [7, 11) is 0. The van der Waals surface area contributed by atoms with Crippen LogP contribution in [0.1, 0.15) is 29.2 Å². The lowest BCUT2D eigenvalue weighted by atomic mass is 10.1. The maximum absolute atomic E-state index is 13.1. The molecule has 4 aromatic carbocycles. The Balaban J connectivity index is 1.35. The number of carbonyl (C=O) groups excluding carboxylic acids is 2. The minimum absolute atomic E-state index is 0.259. The molecule has 0 bridgehead atoms. The van der Waals surface area contributed by atoms with Crippen molar-refractivity contribution in [2.75, 3.05) is 0 Å². The van der Waals surface area contributed by atoms with Crippen molar-refractivity contribution in [3.63, 3.8) is 0 Å². The number of carbonyl (C=O) groups is 2. The first-order valence-corrected chi connectivity index (χ1v) is 14.1. The van der Waals surface area contributed by atoms with E-state index >= 15 is 0 Å². The molecule has 0 aliphatic heterocycles. The van der Waals surface area contributed by atoms with Crippen molar-refractivity contribution in [1.82, 2.24) is 10.7 Å². The van der Waals surface area contributed by atoms with Gasteiger partial charge in [0.2, 0.25) is 0 Å². The topological polar surface area (TPSA) is 89.0 Å². The number of aryl methyl sites for hydroxylation is 1. The van der Waals surface area contributed by atoms with Crippen LogP contribution in [-0.4, -0.2) is 30.2 Å². The minimum Gasteiger partial charge on any atom is -0.489 e. The van der Waals surface area contributed by atoms with Crippen LogP contribution >= 0.6 is 23.2 Å². The van der Waals surface area contributed by atoms with Gasteiger partial charge in [0.25, 0.3) is 11.8 Å². The highest BCUT2D eigenvalue weighted by Gasteiger charge is 2.25. The van der Waals surface area contributed by atoms with Crippen molar-refractivity contribution in [2.24, 2.45) is 5.10 Å². The average molecular weight is 605 g/mol. The highest BCUT2D eigenvalue weighted by molar-refractivity contribution is 6.35. The summed E-state index contributed by atoms with van der Waals surface area (Å²) in [5, 5.41) is 7.59. The molecule has 0 fully saturated rings. The van der Waals surface area contributed by atoms with Gasteiger partial charge in [0.05, 0.1) is 11.2 Å². The van der Waals surface area contributed by atoms with Gasteiger partial charge in [-0.05, 0) is 73.0 Å². The summed E-state index contributed by atoms with van der Waals surface area (Å²) < 4.78 is 11.6. The first kappa shape index (κ1) is 30.6. The Hall–Kier alpha value is -4.33. The molecule has 0 aromatic heterocycles.